The number of halogens is 5. The Morgan fingerprint density at radius 3 is 2.45 bits per heavy atom. The highest BCUT2D eigenvalue weighted by Crippen LogP contribution is 2.43. The topological polar surface area (TPSA) is 36.3 Å². The molecule has 3 aromatic rings. The number of benzene rings is 2. The molecule has 0 unspecified atom stereocenters. The number of thioether (sulfide) groups is 1. The molecule has 0 aliphatic carbocycles. The third kappa shape index (κ3) is 5.18. The van der Waals surface area contributed by atoms with E-state index in [0.717, 1.165) is 35.7 Å². The van der Waals surface area contributed by atoms with Crippen molar-refractivity contribution < 1.29 is 22.6 Å². The average molecular weight is 493 g/mol. The fraction of sp³-hybridized carbons (Fsp3) is 0.381. The molecule has 0 saturated heterocycles. The predicted octanol–water partition coefficient (Wildman–Crippen LogP) is 7.90. The van der Waals surface area contributed by atoms with Gasteiger partial charge < -0.3 is 9.47 Å². The molecule has 0 atom stereocenters. The van der Waals surface area contributed by atoms with Gasteiger partial charge in [-0.3, -0.25) is 4.57 Å². The molecule has 0 bridgehead atoms. The molecular weight excluding hydrogens is 472 g/mol. The Bertz CT molecular complexity index is 1070. The van der Waals surface area contributed by atoms with Gasteiger partial charge in [-0.1, -0.05) is 43.1 Å². The number of nitrogens with zero attached hydrogens (tertiary/aromatic N) is 2. The second-order valence-corrected chi connectivity index (χ2v) is 8.43. The summed E-state index contributed by atoms with van der Waals surface area (Å²) in [6.45, 7) is 4.22. The maximum Gasteiger partial charge on any atom is 0.573 e. The van der Waals surface area contributed by atoms with E-state index in [-0.39, 0.29) is 22.4 Å². The summed E-state index contributed by atoms with van der Waals surface area (Å²) in [6, 6.07) is 6.81. The molecule has 4 nitrogen and oxygen atoms in total. The molecule has 168 valence electrons. The lowest BCUT2D eigenvalue weighted by molar-refractivity contribution is -0.275. The molecule has 0 aliphatic rings. The van der Waals surface area contributed by atoms with Crippen molar-refractivity contribution in [1.82, 2.24) is 9.55 Å². The Labute approximate surface area is 192 Å². The summed E-state index contributed by atoms with van der Waals surface area (Å²) >= 11 is 13.6. The highest BCUT2D eigenvalue weighted by atomic mass is 35.5. The summed E-state index contributed by atoms with van der Waals surface area (Å²) in [4.78, 5) is 4.65. The van der Waals surface area contributed by atoms with Gasteiger partial charge in [-0.15, -0.1) is 24.9 Å². The fourth-order valence-electron chi connectivity index (χ4n) is 3.48. The van der Waals surface area contributed by atoms with Gasteiger partial charge in [0.25, 0.3) is 0 Å². The van der Waals surface area contributed by atoms with Crippen molar-refractivity contribution in [3.63, 3.8) is 0 Å². The quantitative estimate of drug-likeness (QED) is 0.299. The van der Waals surface area contributed by atoms with Crippen LogP contribution < -0.4 is 9.47 Å². The number of hydrogen-bond donors (Lipinski definition) is 0. The molecule has 1 aromatic heterocycles. The maximum atomic E-state index is 12.8. The first-order chi connectivity index (χ1) is 14.7. The third-order valence-electron chi connectivity index (χ3n) is 4.99. The molecule has 0 radical (unpaired) electrons. The molecule has 2 aromatic carbocycles. The third-order valence-corrected chi connectivity index (χ3v) is 6.42. The second kappa shape index (κ2) is 9.79. The van der Waals surface area contributed by atoms with Crippen molar-refractivity contribution in [2.75, 3.05) is 6.26 Å². The zero-order valence-corrected chi connectivity index (χ0v) is 19.4. The van der Waals surface area contributed by atoms with Gasteiger partial charge in [0.2, 0.25) is 0 Å². The van der Waals surface area contributed by atoms with Crippen LogP contribution >= 0.6 is 35.0 Å². The first-order valence-corrected chi connectivity index (χ1v) is 11.6. The van der Waals surface area contributed by atoms with E-state index in [1.54, 1.807) is 17.2 Å². The molecule has 3 rings (SSSR count). The minimum Gasteiger partial charge on any atom is -0.471 e. The van der Waals surface area contributed by atoms with E-state index in [9.17, 15) is 13.2 Å². The van der Waals surface area contributed by atoms with Gasteiger partial charge in [-0.25, -0.2) is 4.98 Å². The normalized spacial score (nSPS) is 12.0. The van der Waals surface area contributed by atoms with Crippen LogP contribution in [0.3, 0.4) is 0 Å². The second-order valence-electron chi connectivity index (χ2n) is 6.79. The SMILES string of the molecule is CCC(CC)c1ccc(Cl)c2ncn(COc3ccc(SC)c(OC(F)(F)F)c3Cl)c12. The van der Waals surface area contributed by atoms with Crippen LogP contribution in [0.25, 0.3) is 11.0 Å². The zero-order valence-electron chi connectivity index (χ0n) is 17.1. The van der Waals surface area contributed by atoms with Gasteiger partial charge >= 0.3 is 6.36 Å². The average Bonchev–Trinajstić information content (AvgIpc) is 3.15. The lowest BCUT2D eigenvalue weighted by Crippen LogP contribution is -2.18. The van der Waals surface area contributed by atoms with Crippen molar-refractivity contribution in [2.24, 2.45) is 0 Å². The van der Waals surface area contributed by atoms with Crippen LogP contribution in [-0.2, 0) is 6.73 Å². The van der Waals surface area contributed by atoms with Gasteiger partial charge in [0.15, 0.2) is 12.5 Å². The lowest BCUT2D eigenvalue weighted by atomic mass is 9.93. The molecule has 0 aliphatic heterocycles. The molecule has 0 amide bonds. The van der Waals surface area contributed by atoms with Crippen LogP contribution in [0.15, 0.2) is 35.5 Å². The summed E-state index contributed by atoms with van der Waals surface area (Å²) in [5.74, 6) is -0.0893. The number of ether oxygens (including phenoxy) is 2. The van der Waals surface area contributed by atoms with Crippen LogP contribution in [0, 0.1) is 0 Å². The minimum absolute atomic E-state index is 0.00617. The molecule has 1 heterocycles. The summed E-state index contributed by atoms with van der Waals surface area (Å²) in [5, 5.41) is 0.276. The molecule has 0 fully saturated rings. The monoisotopic (exact) mass is 492 g/mol. The molecule has 0 N–H and O–H groups in total. The van der Waals surface area contributed by atoms with Gasteiger partial charge in [0.05, 0.1) is 21.8 Å². The van der Waals surface area contributed by atoms with E-state index < -0.39 is 12.1 Å². The van der Waals surface area contributed by atoms with Crippen LogP contribution in [-0.4, -0.2) is 22.2 Å². The highest BCUT2D eigenvalue weighted by molar-refractivity contribution is 7.98. The Morgan fingerprint density at radius 1 is 1.13 bits per heavy atom. The summed E-state index contributed by atoms with van der Waals surface area (Å²) < 4.78 is 50.1. The Balaban J connectivity index is 1.96. The van der Waals surface area contributed by atoms with Crippen LogP contribution in [0.2, 0.25) is 10.0 Å². The van der Waals surface area contributed by atoms with E-state index in [4.69, 9.17) is 27.9 Å². The fourth-order valence-corrected chi connectivity index (χ4v) is 4.53. The van der Waals surface area contributed by atoms with Crippen molar-refractivity contribution in [3.8, 4) is 11.5 Å². The van der Waals surface area contributed by atoms with E-state index >= 15 is 0 Å². The van der Waals surface area contributed by atoms with E-state index in [1.807, 2.05) is 12.1 Å². The van der Waals surface area contributed by atoms with Gasteiger partial charge in [-0.05, 0) is 48.8 Å². The number of alkyl halides is 3. The molecule has 31 heavy (non-hydrogen) atoms. The van der Waals surface area contributed by atoms with Gasteiger partial charge in [0.1, 0.15) is 16.3 Å². The number of rotatable bonds is 8. The van der Waals surface area contributed by atoms with Gasteiger partial charge in [0, 0.05) is 0 Å². The number of aromatic nitrogens is 2. The largest absolute Gasteiger partial charge is 0.573 e. The summed E-state index contributed by atoms with van der Waals surface area (Å²) in [6.07, 6.45) is 0.253. The molecular formula is C21H21Cl2F3N2O2S. The molecule has 0 spiro atoms. The number of fused-ring (bicyclic) bond motifs is 1. The van der Waals surface area contributed by atoms with E-state index in [0.29, 0.717) is 16.5 Å². The van der Waals surface area contributed by atoms with Crippen molar-refractivity contribution in [3.05, 3.63) is 46.2 Å². The summed E-state index contributed by atoms with van der Waals surface area (Å²) in [5.41, 5.74) is 2.58. The zero-order chi connectivity index (χ0) is 22.8. The Hall–Kier alpha value is -1.77. The lowest BCUT2D eigenvalue weighted by Gasteiger charge is -2.18. The van der Waals surface area contributed by atoms with Gasteiger partial charge in [-0.2, -0.15) is 0 Å². The predicted molar refractivity (Wildman–Crippen MR) is 119 cm³/mol. The van der Waals surface area contributed by atoms with E-state index in [2.05, 4.69) is 23.6 Å². The van der Waals surface area contributed by atoms with E-state index in [1.165, 1.54) is 12.1 Å². The van der Waals surface area contributed by atoms with Crippen molar-refractivity contribution in [2.45, 2.75) is 50.6 Å². The molecule has 0 saturated carbocycles. The summed E-state index contributed by atoms with van der Waals surface area (Å²) in [7, 11) is 0. The van der Waals surface area contributed by atoms with Crippen LogP contribution in [0.4, 0.5) is 13.2 Å². The van der Waals surface area contributed by atoms with Crippen LogP contribution in [0.5, 0.6) is 11.5 Å². The maximum absolute atomic E-state index is 12.8. The number of imidazole rings is 1. The molecule has 10 heteroatoms. The first kappa shape index (κ1) is 23.9. The standard InChI is InChI=1S/C21H21Cl2F3N2O2S/c1-4-12(5-2)13-6-7-14(22)18-19(13)28(10-27-18)11-29-15-8-9-16(31-3)20(17(15)23)30-21(24,25)26/h6-10,12H,4-5,11H2,1-3H3. The minimum atomic E-state index is -4.87. The van der Waals surface area contributed by atoms with Crippen molar-refractivity contribution >= 4 is 46.0 Å². The Morgan fingerprint density at radius 2 is 1.84 bits per heavy atom. The Kier molecular flexibility index (Phi) is 7.55. The first-order valence-electron chi connectivity index (χ1n) is 9.58. The smallest absolute Gasteiger partial charge is 0.471 e. The van der Waals surface area contributed by atoms with Crippen molar-refractivity contribution in [1.29, 1.82) is 0 Å². The highest BCUT2D eigenvalue weighted by Gasteiger charge is 2.34. The number of hydrogen-bond acceptors (Lipinski definition) is 4. The van der Waals surface area contributed by atoms with Crippen LogP contribution in [0.1, 0.15) is 38.2 Å².